The van der Waals surface area contributed by atoms with Crippen LogP contribution in [0.15, 0.2) is 28.7 Å². The Hall–Kier alpha value is -0.870. The van der Waals surface area contributed by atoms with E-state index >= 15 is 0 Å². The van der Waals surface area contributed by atoms with E-state index < -0.39 is 0 Å². The zero-order valence-electron chi connectivity index (χ0n) is 11.5. The van der Waals surface area contributed by atoms with Crippen molar-refractivity contribution in [3.8, 4) is 0 Å². The lowest BCUT2D eigenvalue weighted by atomic mass is 9.97. The van der Waals surface area contributed by atoms with Crippen molar-refractivity contribution >= 4 is 21.8 Å². The zero-order chi connectivity index (χ0) is 13.8. The van der Waals surface area contributed by atoms with Crippen molar-refractivity contribution in [1.29, 1.82) is 0 Å². The predicted molar refractivity (Wildman–Crippen MR) is 81.2 cm³/mol. The maximum Gasteiger partial charge on any atom is 0.223 e. The van der Waals surface area contributed by atoms with Gasteiger partial charge in [0.15, 0.2) is 0 Å². The number of nitrogens with one attached hydrogen (secondary N) is 1. The summed E-state index contributed by atoms with van der Waals surface area (Å²) >= 11 is 3.43. The topological polar surface area (TPSA) is 32.3 Å². The maximum atomic E-state index is 12.3. The van der Waals surface area contributed by atoms with Gasteiger partial charge in [0, 0.05) is 36.6 Å². The lowest BCUT2D eigenvalue weighted by Gasteiger charge is -2.34. The highest BCUT2D eigenvalue weighted by Crippen LogP contribution is 2.22. The van der Waals surface area contributed by atoms with Gasteiger partial charge in [-0.3, -0.25) is 4.79 Å². The summed E-state index contributed by atoms with van der Waals surface area (Å²) in [7, 11) is 0. The van der Waals surface area contributed by atoms with Crippen LogP contribution in [0.3, 0.4) is 0 Å². The SMILES string of the molecule is CC(CC(=O)N1CCNCC1C)c1ccc(Br)cc1. The summed E-state index contributed by atoms with van der Waals surface area (Å²) in [6.07, 6.45) is 0.589. The third kappa shape index (κ3) is 3.80. The van der Waals surface area contributed by atoms with Crippen molar-refractivity contribution in [2.75, 3.05) is 19.6 Å². The van der Waals surface area contributed by atoms with Gasteiger partial charge in [-0.1, -0.05) is 35.0 Å². The van der Waals surface area contributed by atoms with Crippen molar-refractivity contribution in [2.24, 2.45) is 0 Å². The van der Waals surface area contributed by atoms with Crippen molar-refractivity contribution in [2.45, 2.75) is 32.2 Å². The van der Waals surface area contributed by atoms with Gasteiger partial charge in [-0.15, -0.1) is 0 Å². The molecule has 1 saturated heterocycles. The predicted octanol–water partition coefficient (Wildman–Crippen LogP) is 2.76. The van der Waals surface area contributed by atoms with Crippen LogP contribution in [0.25, 0.3) is 0 Å². The van der Waals surface area contributed by atoms with Crippen LogP contribution in [0.1, 0.15) is 31.7 Å². The number of carbonyl (C=O) groups excluding carboxylic acids is 1. The maximum absolute atomic E-state index is 12.3. The van der Waals surface area contributed by atoms with Crippen LogP contribution in [-0.4, -0.2) is 36.5 Å². The molecule has 0 aliphatic carbocycles. The van der Waals surface area contributed by atoms with Crippen molar-refractivity contribution in [1.82, 2.24) is 10.2 Å². The number of halogens is 1. The highest BCUT2D eigenvalue weighted by Gasteiger charge is 2.24. The second-order valence-electron chi connectivity index (χ2n) is 5.30. The van der Waals surface area contributed by atoms with Crippen LogP contribution in [-0.2, 0) is 4.79 Å². The highest BCUT2D eigenvalue weighted by atomic mass is 79.9. The van der Waals surface area contributed by atoms with Gasteiger partial charge < -0.3 is 10.2 Å². The smallest absolute Gasteiger partial charge is 0.223 e. The number of hydrogen-bond acceptors (Lipinski definition) is 2. The van der Waals surface area contributed by atoms with Gasteiger partial charge in [-0.2, -0.15) is 0 Å². The Kier molecular flexibility index (Phi) is 4.99. The largest absolute Gasteiger partial charge is 0.337 e. The van der Waals surface area contributed by atoms with Crippen molar-refractivity contribution in [3.63, 3.8) is 0 Å². The van der Waals surface area contributed by atoms with Gasteiger partial charge in [0.25, 0.3) is 0 Å². The molecule has 3 nitrogen and oxygen atoms in total. The van der Waals surface area contributed by atoms with Crippen molar-refractivity contribution in [3.05, 3.63) is 34.3 Å². The van der Waals surface area contributed by atoms with Crippen LogP contribution >= 0.6 is 15.9 Å². The van der Waals surface area contributed by atoms with Crippen LogP contribution < -0.4 is 5.32 Å². The molecule has 0 radical (unpaired) electrons. The van der Waals surface area contributed by atoms with E-state index in [0.29, 0.717) is 12.5 Å². The molecule has 2 atom stereocenters. The Labute approximate surface area is 123 Å². The minimum Gasteiger partial charge on any atom is -0.337 e. The normalized spacial score (nSPS) is 21.2. The molecule has 0 spiro atoms. The average Bonchev–Trinajstić information content (AvgIpc) is 2.39. The average molecular weight is 325 g/mol. The molecule has 104 valence electrons. The molecule has 1 aliphatic rings. The van der Waals surface area contributed by atoms with E-state index in [1.165, 1.54) is 5.56 Å². The molecule has 2 unspecified atom stereocenters. The van der Waals surface area contributed by atoms with E-state index in [4.69, 9.17) is 0 Å². The molecule has 1 aromatic rings. The van der Waals surface area contributed by atoms with Crippen LogP contribution in [0.2, 0.25) is 0 Å². The summed E-state index contributed by atoms with van der Waals surface area (Å²) in [6.45, 7) is 6.86. The number of carbonyl (C=O) groups is 1. The van der Waals surface area contributed by atoms with Crippen LogP contribution in [0, 0.1) is 0 Å². The molecule has 1 amide bonds. The van der Waals surface area contributed by atoms with Gasteiger partial charge in [0.2, 0.25) is 5.91 Å². The van der Waals surface area contributed by atoms with Gasteiger partial charge in [-0.25, -0.2) is 0 Å². The number of amides is 1. The Morgan fingerprint density at radius 1 is 1.47 bits per heavy atom. The van der Waals surface area contributed by atoms with E-state index in [1.54, 1.807) is 0 Å². The fraction of sp³-hybridized carbons (Fsp3) is 0.533. The monoisotopic (exact) mass is 324 g/mol. The number of hydrogen-bond donors (Lipinski definition) is 1. The minimum absolute atomic E-state index is 0.266. The van der Waals surface area contributed by atoms with Crippen molar-refractivity contribution < 1.29 is 4.79 Å². The summed E-state index contributed by atoms with van der Waals surface area (Å²) in [5.41, 5.74) is 1.22. The summed E-state index contributed by atoms with van der Waals surface area (Å²) < 4.78 is 1.07. The Bertz CT molecular complexity index is 432. The fourth-order valence-corrected chi connectivity index (χ4v) is 2.76. The first kappa shape index (κ1) is 14.5. The Morgan fingerprint density at radius 2 is 2.16 bits per heavy atom. The van der Waals surface area contributed by atoms with Gasteiger partial charge in [0.05, 0.1) is 0 Å². The zero-order valence-corrected chi connectivity index (χ0v) is 13.1. The fourth-order valence-electron chi connectivity index (χ4n) is 2.50. The molecule has 4 heteroatoms. The summed E-state index contributed by atoms with van der Waals surface area (Å²) in [6, 6.07) is 8.54. The number of piperazine rings is 1. The van der Waals surface area contributed by atoms with Crippen LogP contribution in [0.5, 0.6) is 0 Å². The molecule has 19 heavy (non-hydrogen) atoms. The molecule has 1 aromatic carbocycles. The molecule has 0 saturated carbocycles. The van der Waals surface area contributed by atoms with E-state index in [-0.39, 0.29) is 11.8 Å². The second kappa shape index (κ2) is 6.53. The first-order valence-electron chi connectivity index (χ1n) is 6.83. The summed E-state index contributed by atoms with van der Waals surface area (Å²) in [4.78, 5) is 14.4. The van der Waals surface area contributed by atoms with Gasteiger partial charge >= 0.3 is 0 Å². The molecule has 1 N–H and O–H groups in total. The molecule has 0 bridgehead atoms. The Balaban J connectivity index is 1.96. The lowest BCUT2D eigenvalue weighted by molar-refractivity contribution is -0.134. The number of nitrogens with zero attached hydrogens (tertiary/aromatic N) is 1. The van der Waals surface area contributed by atoms with Gasteiger partial charge in [-0.05, 0) is 30.5 Å². The number of rotatable bonds is 3. The quantitative estimate of drug-likeness (QED) is 0.927. The first-order chi connectivity index (χ1) is 9.08. The summed E-state index contributed by atoms with van der Waals surface area (Å²) in [5.74, 6) is 0.534. The Morgan fingerprint density at radius 3 is 2.79 bits per heavy atom. The third-order valence-electron chi connectivity index (χ3n) is 3.74. The third-order valence-corrected chi connectivity index (χ3v) is 4.27. The molecule has 1 aliphatic heterocycles. The summed E-state index contributed by atoms with van der Waals surface area (Å²) in [5, 5.41) is 3.31. The highest BCUT2D eigenvalue weighted by molar-refractivity contribution is 9.10. The molecule has 1 heterocycles. The molecule has 0 aromatic heterocycles. The first-order valence-corrected chi connectivity index (χ1v) is 7.63. The standard InChI is InChI=1S/C15H21BrN2O/c1-11(13-3-5-14(16)6-4-13)9-15(19)18-8-7-17-10-12(18)2/h3-6,11-12,17H,7-10H2,1-2H3. The molecular formula is C15H21BrN2O. The number of benzene rings is 1. The van der Waals surface area contributed by atoms with Gasteiger partial charge in [0.1, 0.15) is 0 Å². The lowest BCUT2D eigenvalue weighted by Crippen LogP contribution is -2.52. The van der Waals surface area contributed by atoms with E-state index in [0.717, 1.165) is 24.1 Å². The minimum atomic E-state index is 0.266. The van der Waals surface area contributed by atoms with Crippen LogP contribution in [0.4, 0.5) is 0 Å². The van der Waals surface area contributed by atoms with E-state index in [2.05, 4.69) is 47.2 Å². The molecule has 2 rings (SSSR count). The molecule has 1 fully saturated rings. The second-order valence-corrected chi connectivity index (χ2v) is 6.21. The van der Waals surface area contributed by atoms with E-state index in [9.17, 15) is 4.79 Å². The molecular weight excluding hydrogens is 304 g/mol. The van der Waals surface area contributed by atoms with E-state index in [1.807, 2.05) is 17.0 Å².